The predicted octanol–water partition coefficient (Wildman–Crippen LogP) is 2.64. The number of amides is 1. The number of sulfone groups is 1. The average Bonchev–Trinajstić information content (AvgIpc) is 2.60. The SMILES string of the molecule is CCc1ccccc1NC(=O)CN(C)c1cccc(S(C)(=O)=O)c1[N+](=O)[O-]. The summed E-state index contributed by atoms with van der Waals surface area (Å²) in [5.41, 5.74) is 1.17. The smallest absolute Gasteiger partial charge is 0.311 e. The molecule has 0 fully saturated rings. The molecule has 0 aliphatic heterocycles. The number of carbonyl (C=O) groups is 1. The van der Waals surface area contributed by atoms with Gasteiger partial charge >= 0.3 is 5.69 Å². The van der Waals surface area contributed by atoms with Gasteiger partial charge in [0, 0.05) is 19.0 Å². The van der Waals surface area contributed by atoms with Crippen LogP contribution in [0.1, 0.15) is 12.5 Å². The summed E-state index contributed by atoms with van der Waals surface area (Å²) < 4.78 is 23.7. The van der Waals surface area contributed by atoms with Crippen LogP contribution in [0.5, 0.6) is 0 Å². The molecule has 27 heavy (non-hydrogen) atoms. The van der Waals surface area contributed by atoms with Gasteiger partial charge in [0.15, 0.2) is 9.84 Å². The lowest BCUT2D eigenvalue weighted by molar-refractivity contribution is -0.387. The Labute approximate surface area is 157 Å². The zero-order valence-corrected chi connectivity index (χ0v) is 16.1. The molecule has 0 bridgehead atoms. The Hall–Kier alpha value is -2.94. The van der Waals surface area contributed by atoms with Crippen molar-refractivity contribution in [2.24, 2.45) is 0 Å². The Morgan fingerprint density at radius 3 is 2.44 bits per heavy atom. The summed E-state index contributed by atoms with van der Waals surface area (Å²) in [6.45, 7) is 1.79. The molecule has 0 aliphatic rings. The average molecular weight is 391 g/mol. The first-order valence-corrected chi connectivity index (χ1v) is 10.1. The molecule has 8 nitrogen and oxygen atoms in total. The Morgan fingerprint density at radius 2 is 1.85 bits per heavy atom. The molecular weight excluding hydrogens is 370 g/mol. The maximum absolute atomic E-state index is 12.4. The third kappa shape index (κ3) is 4.82. The fourth-order valence-corrected chi connectivity index (χ4v) is 3.60. The van der Waals surface area contributed by atoms with Gasteiger partial charge in [-0.25, -0.2) is 8.42 Å². The molecule has 2 aromatic rings. The normalized spacial score (nSPS) is 11.1. The highest BCUT2D eigenvalue weighted by Crippen LogP contribution is 2.34. The van der Waals surface area contributed by atoms with E-state index in [1.165, 1.54) is 30.1 Å². The lowest BCUT2D eigenvalue weighted by Crippen LogP contribution is -2.31. The number of anilines is 2. The number of benzene rings is 2. The zero-order chi connectivity index (χ0) is 20.2. The molecule has 9 heteroatoms. The minimum Gasteiger partial charge on any atom is -0.360 e. The van der Waals surface area contributed by atoms with E-state index in [0.29, 0.717) is 5.69 Å². The topological polar surface area (TPSA) is 110 Å². The van der Waals surface area contributed by atoms with Gasteiger partial charge in [-0.05, 0) is 30.2 Å². The molecule has 2 rings (SSSR count). The molecule has 1 N–H and O–H groups in total. The van der Waals surface area contributed by atoms with Crippen molar-refractivity contribution in [3.05, 3.63) is 58.1 Å². The molecule has 144 valence electrons. The largest absolute Gasteiger partial charge is 0.360 e. The van der Waals surface area contributed by atoms with Gasteiger partial charge in [0.1, 0.15) is 10.6 Å². The zero-order valence-electron chi connectivity index (χ0n) is 15.3. The Balaban J connectivity index is 2.29. The summed E-state index contributed by atoms with van der Waals surface area (Å²) >= 11 is 0. The van der Waals surface area contributed by atoms with E-state index in [2.05, 4.69) is 5.32 Å². The van der Waals surface area contributed by atoms with E-state index in [1.807, 2.05) is 19.1 Å². The van der Waals surface area contributed by atoms with E-state index in [-0.39, 0.29) is 23.0 Å². The molecular formula is C18H21N3O5S. The predicted molar refractivity (Wildman–Crippen MR) is 104 cm³/mol. The second kappa shape index (κ2) is 8.17. The molecule has 0 saturated carbocycles. The third-order valence-corrected chi connectivity index (χ3v) is 5.15. The highest BCUT2D eigenvalue weighted by Gasteiger charge is 2.28. The number of nitro benzene ring substituents is 1. The van der Waals surface area contributed by atoms with Crippen LogP contribution in [0.4, 0.5) is 17.1 Å². The van der Waals surface area contributed by atoms with Crippen LogP contribution in [0.15, 0.2) is 47.4 Å². The van der Waals surface area contributed by atoms with Gasteiger partial charge < -0.3 is 10.2 Å². The molecule has 1 amide bonds. The first-order chi connectivity index (χ1) is 12.6. The van der Waals surface area contributed by atoms with Crippen LogP contribution < -0.4 is 10.2 Å². The molecule has 0 unspecified atom stereocenters. The second-order valence-electron chi connectivity index (χ2n) is 6.07. The second-order valence-corrected chi connectivity index (χ2v) is 8.05. The van der Waals surface area contributed by atoms with Crippen molar-refractivity contribution in [1.82, 2.24) is 0 Å². The highest BCUT2D eigenvalue weighted by atomic mass is 32.2. The Morgan fingerprint density at radius 1 is 1.19 bits per heavy atom. The van der Waals surface area contributed by atoms with Gasteiger partial charge in [-0.2, -0.15) is 0 Å². The number of carbonyl (C=O) groups excluding carboxylic acids is 1. The van der Waals surface area contributed by atoms with Crippen LogP contribution in [0.25, 0.3) is 0 Å². The maximum Gasteiger partial charge on any atom is 0.311 e. The van der Waals surface area contributed by atoms with Crippen molar-refractivity contribution in [1.29, 1.82) is 0 Å². The highest BCUT2D eigenvalue weighted by molar-refractivity contribution is 7.90. The maximum atomic E-state index is 12.4. The Kier molecular flexibility index (Phi) is 6.17. The van der Waals surface area contributed by atoms with E-state index in [9.17, 15) is 23.3 Å². The molecule has 2 aromatic carbocycles. The summed E-state index contributed by atoms with van der Waals surface area (Å²) in [7, 11) is -2.29. The van der Waals surface area contributed by atoms with E-state index >= 15 is 0 Å². The molecule has 0 aliphatic carbocycles. The number of nitrogens with one attached hydrogen (secondary N) is 1. The van der Waals surface area contributed by atoms with Crippen LogP contribution in [0.2, 0.25) is 0 Å². The number of nitro groups is 1. The van der Waals surface area contributed by atoms with Crippen molar-refractivity contribution >= 4 is 32.8 Å². The van der Waals surface area contributed by atoms with E-state index in [0.717, 1.165) is 18.2 Å². The lowest BCUT2D eigenvalue weighted by Gasteiger charge is -2.20. The molecule has 0 atom stereocenters. The van der Waals surface area contributed by atoms with Crippen LogP contribution in [0, 0.1) is 10.1 Å². The molecule has 0 saturated heterocycles. The number of aryl methyl sites for hydroxylation is 1. The summed E-state index contributed by atoms with van der Waals surface area (Å²) in [4.78, 5) is 24.1. The number of nitrogens with zero attached hydrogens (tertiary/aromatic N) is 2. The van der Waals surface area contributed by atoms with Gasteiger partial charge in [-0.1, -0.05) is 31.2 Å². The van der Waals surface area contributed by atoms with E-state index in [4.69, 9.17) is 0 Å². The third-order valence-electron chi connectivity index (χ3n) is 4.02. The quantitative estimate of drug-likeness (QED) is 0.574. The summed E-state index contributed by atoms with van der Waals surface area (Å²) in [6.07, 6.45) is 1.65. The monoisotopic (exact) mass is 391 g/mol. The molecule has 0 radical (unpaired) electrons. The number of para-hydroxylation sites is 2. The summed E-state index contributed by atoms with van der Waals surface area (Å²) in [5.74, 6) is -0.363. The van der Waals surface area contributed by atoms with Gasteiger partial charge in [-0.3, -0.25) is 14.9 Å². The van der Waals surface area contributed by atoms with Crippen molar-refractivity contribution < 1.29 is 18.1 Å². The minimum absolute atomic E-state index is 0.0573. The number of rotatable bonds is 7. The van der Waals surface area contributed by atoms with Crippen molar-refractivity contribution in [3.8, 4) is 0 Å². The number of likely N-dealkylation sites (N-methyl/N-ethyl adjacent to an activating group) is 1. The first kappa shape index (κ1) is 20.4. The van der Waals surface area contributed by atoms with Crippen molar-refractivity contribution in [2.45, 2.75) is 18.2 Å². The standard InChI is InChI=1S/C18H21N3O5S/c1-4-13-8-5-6-9-14(13)19-17(22)12-20(2)15-10-7-11-16(27(3,25)26)18(15)21(23)24/h5-11H,4,12H2,1-3H3,(H,19,22). The van der Waals surface area contributed by atoms with E-state index < -0.39 is 20.4 Å². The van der Waals surface area contributed by atoms with Crippen LogP contribution in [-0.2, 0) is 21.1 Å². The number of hydrogen-bond donors (Lipinski definition) is 1. The molecule has 0 heterocycles. The van der Waals surface area contributed by atoms with Crippen molar-refractivity contribution in [2.75, 3.05) is 30.1 Å². The fourth-order valence-electron chi connectivity index (χ4n) is 2.74. The number of hydrogen-bond acceptors (Lipinski definition) is 6. The lowest BCUT2D eigenvalue weighted by atomic mass is 10.1. The van der Waals surface area contributed by atoms with Gasteiger partial charge in [0.25, 0.3) is 0 Å². The van der Waals surface area contributed by atoms with Crippen LogP contribution in [0.3, 0.4) is 0 Å². The first-order valence-electron chi connectivity index (χ1n) is 8.21. The van der Waals surface area contributed by atoms with Gasteiger partial charge in [0.05, 0.1) is 11.5 Å². The Bertz CT molecular complexity index is 973. The van der Waals surface area contributed by atoms with Crippen LogP contribution in [-0.4, -0.2) is 39.1 Å². The summed E-state index contributed by atoms with van der Waals surface area (Å²) in [6, 6.07) is 11.4. The van der Waals surface area contributed by atoms with Crippen molar-refractivity contribution in [3.63, 3.8) is 0 Å². The fraction of sp³-hybridized carbons (Fsp3) is 0.278. The van der Waals surface area contributed by atoms with Gasteiger partial charge in [-0.15, -0.1) is 0 Å². The van der Waals surface area contributed by atoms with Crippen LogP contribution >= 0.6 is 0 Å². The van der Waals surface area contributed by atoms with E-state index in [1.54, 1.807) is 12.1 Å². The molecule has 0 spiro atoms. The minimum atomic E-state index is -3.79. The van der Waals surface area contributed by atoms with Gasteiger partial charge in [0.2, 0.25) is 5.91 Å². The summed E-state index contributed by atoms with van der Waals surface area (Å²) in [5, 5.41) is 14.3. The molecule has 0 aromatic heterocycles.